The van der Waals surface area contributed by atoms with Gasteiger partial charge in [-0.3, -0.25) is 9.59 Å². The van der Waals surface area contributed by atoms with Crippen LogP contribution in [-0.4, -0.2) is 19.2 Å². The van der Waals surface area contributed by atoms with Gasteiger partial charge < -0.3 is 5.32 Å². The minimum atomic E-state index is -0.269. The van der Waals surface area contributed by atoms with E-state index < -0.39 is 0 Å². The first-order valence-electron chi connectivity index (χ1n) is 3.49. The average molecular weight is 162 g/mol. The van der Waals surface area contributed by atoms with Gasteiger partial charge >= 0.3 is 0 Å². The lowest BCUT2D eigenvalue weighted by molar-refractivity contribution is 0.0963. The fraction of sp³-hybridized carbons (Fsp3) is 0.111. The number of rotatable bonds is 2. The third-order valence-corrected chi connectivity index (χ3v) is 1.51. The predicted molar refractivity (Wildman–Crippen MR) is 44.6 cm³/mol. The van der Waals surface area contributed by atoms with Gasteiger partial charge in [-0.25, -0.2) is 0 Å². The summed E-state index contributed by atoms with van der Waals surface area (Å²) < 4.78 is 0. The molecule has 61 valence electrons. The van der Waals surface area contributed by atoms with Crippen LogP contribution in [0.2, 0.25) is 0 Å². The van der Waals surface area contributed by atoms with Gasteiger partial charge in [-0.15, -0.1) is 0 Å². The van der Waals surface area contributed by atoms with Crippen LogP contribution in [0.5, 0.6) is 0 Å². The molecule has 0 heterocycles. The van der Waals surface area contributed by atoms with E-state index in [1.54, 1.807) is 30.6 Å². The van der Waals surface area contributed by atoms with E-state index in [1.807, 2.05) is 0 Å². The van der Waals surface area contributed by atoms with Gasteiger partial charge in [0.15, 0.2) is 0 Å². The van der Waals surface area contributed by atoms with Gasteiger partial charge in [0.1, 0.15) is 0 Å². The second-order valence-corrected chi connectivity index (χ2v) is 2.23. The van der Waals surface area contributed by atoms with E-state index in [1.165, 1.54) is 7.05 Å². The number of hydrogen-bond donors (Lipinski definition) is 1. The van der Waals surface area contributed by atoms with Crippen molar-refractivity contribution in [1.82, 2.24) is 5.32 Å². The van der Waals surface area contributed by atoms with Crippen molar-refractivity contribution in [1.29, 1.82) is 0 Å². The quantitative estimate of drug-likeness (QED) is 0.688. The Kier molecular flexibility index (Phi) is 2.58. The molecule has 12 heavy (non-hydrogen) atoms. The zero-order valence-electron chi connectivity index (χ0n) is 6.63. The van der Waals surface area contributed by atoms with Crippen LogP contribution in [0.15, 0.2) is 24.3 Å². The molecule has 0 saturated carbocycles. The highest BCUT2D eigenvalue weighted by molar-refractivity contribution is 6.01. The zero-order chi connectivity index (χ0) is 8.97. The smallest absolute Gasteiger partial charge is 0.251 e. The Morgan fingerprint density at radius 1 is 1.42 bits per heavy atom. The third kappa shape index (κ3) is 1.50. The summed E-state index contributed by atoms with van der Waals surface area (Å²) in [5.41, 5.74) is 0.645. The molecule has 1 N–H and O–H groups in total. The number of benzene rings is 1. The van der Waals surface area contributed by atoms with Gasteiger partial charge in [-0.05, 0) is 6.07 Å². The average Bonchev–Trinajstić information content (AvgIpc) is 2.16. The van der Waals surface area contributed by atoms with Crippen LogP contribution in [0.1, 0.15) is 15.9 Å². The number of nitrogens with one attached hydrogen (secondary N) is 1. The van der Waals surface area contributed by atoms with E-state index >= 15 is 0 Å². The van der Waals surface area contributed by atoms with Crippen molar-refractivity contribution in [3.63, 3.8) is 0 Å². The normalized spacial score (nSPS) is 9.08. The molecule has 1 amide bonds. The lowest BCUT2D eigenvalue weighted by atomic mass is 10.1. The number of amides is 1. The van der Waals surface area contributed by atoms with E-state index in [4.69, 9.17) is 0 Å². The number of carbonyl (C=O) groups is 1. The van der Waals surface area contributed by atoms with Crippen LogP contribution >= 0.6 is 0 Å². The molecular formula is C9H8NO2. The standard InChI is InChI=1S/C9H8NO2/c1-10-9(12)8-5-3-2-4-7(8)6-11/h2-5H,1H3,(H,10,12). The van der Waals surface area contributed by atoms with Crippen molar-refractivity contribution in [2.45, 2.75) is 0 Å². The summed E-state index contributed by atoms with van der Waals surface area (Å²) in [7, 11) is 1.52. The van der Waals surface area contributed by atoms with Crippen LogP contribution in [0.3, 0.4) is 0 Å². The second kappa shape index (κ2) is 3.67. The van der Waals surface area contributed by atoms with Crippen molar-refractivity contribution in [2.24, 2.45) is 0 Å². The highest BCUT2D eigenvalue weighted by Crippen LogP contribution is 2.04. The summed E-state index contributed by atoms with van der Waals surface area (Å²) in [4.78, 5) is 21.4. The van der Waals surface area contributed by atoms with Crippen LogP contribution in [0, 0.1) is 0 Å². The Hall–Kier alpha value is -1.64. The van der Waals surface area contributed by atoms with E-state index in [-0.39, 0.29) is 11.5 Å². The Balaban J connectivity index is 3.13. The maximum Gasteiger partial charge on any atom is 0.251 e. The second-order valence-electron chi connectivity index (χ2n) is 2.23. The monoisotopic (exact) mass is 162 g/mol. The topological polar surface area (TPSA) is 46.2 Å². The molecule has 1 aromatic rings. The van der Waals surface area contributed by atoms with E-state index in [0.29, 0.717) is 5.56 Å². The number of carbonyl (C=O) groups excluding carboxylic acids is 2. The van der Waals surface area contributed by atoms with E-state index in [0.717, 1.165) is 0 Å². The molecular weight excluding hydrogens is 154 g/mol. The molecule has 0 aliphatic rings. The van der Waals surface area contributed by atoms with E-state index in [9.17, 15) is 9.59 Å². The molecule has 0 atom stereocenters. The summed E-state index contributed by atoms with van der Waals surface area (Å²) in [6.07, 6.45) is 1.70. The molecule has 0 spiro atoms. The predicted octanol–water partition coefficient (Wildman–Crippen LogP) is 0.504. The fourth-order valence-electron chi connectivity index (χ4n) is 0.905. The molecule has 0 unspecified atom stereocenters. The third-order valence-electron chi connectivity index (χ3n) is 1.51. The SMILES string of the molecule is CNC(=O)c1ccccc1[C]=O. The van der Waals surface area contributed by atoms with Crippen LogP contribution < -0.4 is 5.32 Å². The summed E-state index contributed by atoms with van der Waals surface area (Å²) in [5, 5.41) is 2.44. The van der Waals surface area contributed by atoms with Crippen LogP contribution in [0.4, 0.5) is 0 Å². The van der Waals surface area contributed by atoms with E-state index in [2.05, 4.69) is 5.32 Å². The minimum absolute atomic E-state index is 0.269. The van der Waals surface area contributed by atoms with Gasteiger partial charge in [-0.2, -0.15) is 0 Å². The lowest BCUT2D eigenvalue weighted by Crippen LogP contribution is -2.19. The fourth-order valence-corrected chi connectivity index (χ4v) is 0.905. The highest BCUT2D eigenvalue weighted by Gasteiger charge is 2.07. The van der Waals surface area contributed by atoms with Gasteiger partial charge in [0.05, 0.1) is 5.56 Å². The Labute approximate surface area is 70.4 Å². The molecule has 0 aromatic heterocycles. The Bertz CT molecular complexity index is 307. The first-order chi connectivity index (χ1) is 5.79. The summed E-state index contributed by atoms with van der Waals surface area (Å²) >= 11 is 0. The van der Waals surface area contributed by atoms with Crippen molar-refractivity contribution < 1.29 is 9.59 Å². The molecule has 1 radical (unpaired) electrons. The molecule has 3 nitrogen and oxygen atoms in total. The van der Waals surface area contributed by atoms with Crippen LogP contribution in [-0.2, 0) is 4.79 Å². The van der Waals surface area contributed by atoms with Crippen molar-refractivity contribution in [2.75, 3.05) is 7.05 Å². The minimum Gasteiger partial charge on any atom is -0.355 e. The van der Waals surface area contributed by atoms with Crippen molar-refractivity contribution in [3.8, 4) is 0 Å². The first-order valence-corrected chi connectivity index (χ1v) is 3.49. The molecule has 1 aromatic carbocycles. The molecule has 0 aliphatic carbocycles. The highest BCUT2D eigenvalue weighted by atomic mass is 16.1. The van der Waals surface area contributed by atoms with Crippen molar-refractivity contribution >= 4 is 12.2 Å². The molecule has 0 saturated heterocycles. The maximum atomic E-state index is 11.1. The molecule has 3 heteroatoms. The molecule has 0 fully saturated rings. The first kappa shape index (κ1) is 8.46. The maximum absolute atomic E-state index is 11.1. The summed E-state index contributed by atoms with van der Waals surface area (Å²) in [6, 6.07) is 6.52. The molecule has 1 rings (SSSR count). The van der Waals surface area contributed by atoms with Crippen LogP contribution in [0.25, 0.3) is 0 Å². The van der Waals surface area contributed by atoms with Gasteiger partial charge in [0.2, 0.25) is 6.29 Å². The van der Waals surface area contributed by atoms with Gasteiger partial charge in [-0.1, -0.05) is 18.2 Å². The van der Waals surface area contributed by atoms with Gasteiger partial charge in [0, 0.05) is 12.6 Å². The Morgan fingerprint density at radius 2 is 2.08 bits per heavy atom. The van der Waals surface area contributed by atoms with Gasteiger partial charge in [0.25, 0.3) is 5.91 Å². The molecule has 0 bridgehead atoms. The Morgan fingerprint density at radius 3 is 2.67 bits per heavy atom. The van der Waals surface area contributed by atoms with Crippen molar-refractivity contribution in [3.05, 3.63) is 35.4 Å². The molecule has 0 aliphatic heterocycles. The summed E-state index contributed by atoms with van der Waals surface area (Å²) in [5.74, 6) is -0.269. The zero-order valence-corrected chi connectivity index (χ0v) is 6.63. The largest absolute Gasteiger partial charge is 0.355 e. The summed E-state index contributed by atoms with van der Waals surface area (Å²) in [6.45, 7) is 0. The number of hydrogen-bond acceptors (Lipinski definition) is 2. The lowest BCUT2D eigenvalue weighted by Gasteiger charge is -2.00.